The van der Waals surface area contributed by atoms with E-state index >= 15 is 0 Å². The largest absolute Gasteiger partial charge is 0.396 e. The zero-order chi connectivity index (χ0) is 13.0. The summed E-state index contributed by atoms with van der Waals surface area (Å²) in [5.74, 6) is 0.111. The van der Waals surface area contributed by atoms with Crippen molar-refractivity contribution in [2.45, 2.75) is 19.3 Å². The summed E-state index contributed by atoms with van der Waals surface area (Å²) in [6.45, 7) is 2.22. The fourth-order valence-electron chi connectivity index (χ4n) is 2.10. The summed E-state index contributed by atoms with van der Waals surface area (Å²) in [5, 5.41) is 9.58. The minimum absolute atomic E-state index is 0.111. The zero-order valence-corrected chi connectivity index (χ0v) is 11.9. The summed E-state index contributed by atoms with van der Waals surface area (Å²) in [7, 11) is 0. The third kappa shape index (κ3) is 3.18. The summed E-state index contributed by atoms with van der Waals surface area (Å²) < 4.78 is 0.975. The minimum atomic E-state index is 0.111. The van der Waals surface area contributed by atoms with Crippen molar-refractivity contribution in [2.24, 2.45) is 0 Å². The first-order valence-corrected chi connectivity index (χ1v) is 6.77. The maximum atomic E-state index is 9.58. The summed E-state index contributed by atoms with van der Waals surface area (Å²) in [4.78, 5) is 4.36. The van der Waals surface area contributed by atoms with E-state index in [0.717, 1.165) is 16.6 Å². The van der Waals surface area contributed by atoms with Crippen LogP contribution >= 0.6 is 15.9 Å². The average Bonchev–Trinajstić information content (AvgIpc) is 2.39. The lowest BCUT2D eigenvalue weighted by Gasteiger charge is -2.16. The summed E-state index contributed by atoms with van der Waals surface area (Å²) in [6.07, 6.45) is 2.55. The van der Waals surface area contributed by atoms with Crippen LogP contribution in [0.2, 0.25) is 0 Å². The van der Waals surface area contributed by atoms with Crippen molar-refractivity contribution in [1.82, 2.24) is 4.98 Å². The molecule has 1 N–H and O–H groups in total. The van der Waals surface area contributed by atoms with Crippen molar-refractivity contribution < 1.29 is 5.11 Å². The first-order valence-electron chi connectivity index (χ1n) is 5.97. The van der Waals surface area contributed by atoms with Crippen molar-refractivity contribution >= 4 is 15.9 Å². The molecule has 1 aromatic heterocycles. The van der Waals surface area contributed by atoms with Crippen molar-refractivity contribution in [3.05, 3.63) is 63.9 Å². The van der Waals surface area contributed by atoms with Gasteiger partial charge in [0.1, 0.15) is 0 Å². The van der Waals surface area contributed by atoms with E-state index in [2.05, 4.69) is 40.0 Å². The Hall–Kier alpha value is -1.19. The van der Waals surface area contributed by atoms with E-state index in [1.807, 2.05) is 24.3 Å². The van der Waals surface area contributed by atoms with Crippen LogP contribution in [0, 0.1) is 6.92 Å². The van der Waals surface area contributed by atoms with Gasteiger partial charge in [-0.1, -0.05) is 24.3 Å². The van der Waals surface area contributed by atoms with Crippen LogP contribution in [0.3, 0.4) is 0 Å². The molecule has 3 heteroatoms. The molecule has 0 spiro atoms. The Morgan fingerprint density at radius 3 is 2.61 bits per heavy atom. The number of hydrogen-bond donors (Lipinski definition) is 1. The predicted octanol–water partition coefficient (Wildman–Crippen LogP) is 3.47. The molecule has 0 aliphatic carbocycles. The number of nitrogens with zero attached hydrogens (tertiary/aromatic N) is 1. The van der Waals surface area contributed by atoms with Gasteiger partial charge < -0.3 is 5.11 Å². The molecule has 1 unspecified atom stereocenters. The second-order valence-corrected chi connectivity index (χ2v) is 5.32. The highest BCUT2D eigenvalue weighted by Crippen LogP contribution is 2.23. The fraction of sp³-hybridized carbons (Fsp3) is 0.267. The van der Waals surface area contributed by atoms with Crippen LogP contribution in [0.1, 0.15) is 22.7 Å². The Bertz CT molecular complexity index is 510. The second-order valence-electron chi connectivity index (χ2n) is 4.41. The molecule has 0 aliphatic rings. The van der Waals surface area contributed by atoms with Crippen molar-refractivity contribution in [3.63, 3.8) is 0 Å². The van der Waals surface area contributed by atoms with E-state index < -0.39 is 0 Å². The van der Waals surface area contributed by atoms with Crippen molar-refractivity contribution in [3.8, 4) is 0 Å². The number of hydrogen-bond acceptors (Lipinski definition) is 2. The number of pyridine rings is 1. The van der Waals surface area contributed by atoms with Crippen LogP contribution in [0.4, 0.5) is 0 Å². The van der Waals surface area contributed by atoms with Gasteiger partial charge in [0, 0.05) is 22.3 Å². The van der Waals surface area contributed by atoms with E-state index in [0.29, 0.717) is 0 Å². The highest BCUT2D eigenvalue weighted by Gasteiger charge is 2.13. The van der Waals surface area contributed by atoms with E-state index in [1.54, 1.807) is 6.20 Å². The Balaban J connectivity index is 2.20. The Morgan fingerprint density at radius 2 is 2.00 bits per heavy atom. The Kier molecular flexibility index (Phi) is 4.50. The van der Waals surface area contributed by atoms with E-state index in [9.17, 15) is 5.11 Å². The van der Waals surface area contributed by atoms with Gasteiger partial charge in [0.2, 0.25) is 0 Å². The molecule has 94 valence electrons. The van der Waals surface area contributed by atoms with E-state index in [1.165, 1.54) is 11.1 Å². The zero-order valence-electron chi connectivity index (χ0n) is 10.3. The summed E-state index contributed by atoms with van der Waals surface area (Å²) >= 11 is 3.37. The number of aliphatic hydroxyl groups is 1. The SMILES string of the molecule is Cc1ccccc1C(CO)Cc1ccc(Br)cn1. The first kappa shape index (κ1) is 13.2. The minimum Gasteiger partial charge on any atom is -0.396 e. The van der Waals surface area contributed by atoms with Gasteiger partial charge in [-0.15, -0.1) is 0 Å². The molecule has 0 bridgehead atoms. The van der Waals surface area contributed by atoms with Crippen LogP contribution in [0.25, 0.3) is 0 Å². The molecule has 0 fully saturated rings. The molecule has 18 heavy (non-hydrogen) atoms. The maximum absolute atomic E-state index is 9.58. The second kappa shape index (κ2) is 6.12. The van der Waals surface area contributed by atoms with Crippen LogP contribution in [0.5, 0.6) is 0 Å². The van der Waals surface area contributed by atoms with Gasteiger partial charge in [0.25, 0.3) is 0 Å². The van der Waals surface area contributed by atoms with E-state index in [-0.39, 0.29) is 12.5 Å². The number of aliphatic hydroxyl groups excluding tert-OH is 1. The molecule has 0 amide bonds. The summed E-state index contributed by atoms with van der Waals surface area (Å²) in [6, 6.07) is 12.2. The third-order valence-electron chi connectivity index (χ3n) is 3.09. The lowest BCUT2D eigenvalue weighted by Crippen LogP contribution is -2.10. The molecule has 0 aliphatic heterocycles. The molecule has 1 atom stereocenters. The molecule has 2 rings (SSSR count). The van der Waals surface area contributed by atoms with E-state index in [4.69, 9.17) is 0 Å². The highest BCUT2D eigenvalue weighted by molar-refractivity contribution is 9.10. The number of aryl methyl sites for hydroxylation is 1. The van der Waals surface area contributed by atoms with Gasteiger partial charge in [0.05, 0.1) is 6.61 Å². The monoisotopic (exact) mass is 305 g/mol. The van der Waals surface area contributed by atoms with Gasteiger partial charge >= 0.3 is 0 Å². The lowest BCUT2D eigenvalue weighted by molar-refractivity contribution is 0.263. The average molecular weight is 306 g/mol. The molecule has 2 nitrogen and oxygen atoms in total. The molecule has 0 saturated carbocycles. The first-order chi connectivity index (χ1) is 8.70. The number of aromatic nitrogens is 1. The van der Waals surface area contributed by atoms with Gasteiger partial charge in [-0.05, 0) is 52.5 Å². The molecule has 0 radical (unpaired) electrons. The van der Waals surface area contributed by atoms with Crippen molar-refractivity contribution in [1.29, 1.82) is 0 Å². The van der Waals surface area contributed by atoms with Gasteiger partial charge in [-0.25, -0.2) is 0 Å². The smallest absolute Gasteiger partial charge is 0.0503 e. The Labute approximate surface area is 116 Å². The lowest BCUT2D eigenvalue weighted by atomic mass is 9.91. The maximum Gasteiger partial charge on any atom is 0.0503 e. The topological polar surface area (TPSA) is 33.1 Å². The van der Waals surface area contributed by atoms with Gasteiger partial charge in [-0.2, -0.15) is 0 Å². The number of benzene rings is 1. The molecule has 1 aromatic carbocycles. The third-order valence-corrected chi connectivity index (χ3v) is 3.56. The molecule has 2 aromatic rings. The standard InChI is InChI=1S/C15H16BrNO/c1-11-4-2-3-5-15(11)12(10-18)8-14-7-6-13(16)9-17-14/h2-7,9,12,18H,8,10H2,1H3. The molecular formula is C15H16BrNO. The normalized spacial score (nSPS) is 12.4. The number of halogens is 1. The fourth-order valence-corrected chi connectivity index (χ4v) is 2.33. The van der Waals surface area contributed by atoms with Gasteiger partial charge in [-0.3, -0.25) is 4.98 Å². The van der Waals surface area contributed by atoms with Crippen LogP contribution in [0.15, 0.2) is 47.1 Å². The Morgan fingerprint density at radius 1 is 1.22 bits per heavy atom. The van der Waals surface area contributed by atoms with Crippen molar-refractivity contribution in [2.75, 3.05) is 6.61 Å². The van der Waals surface area contributed by atoms with Crippen LogP contribution in [-0.4, -0.2) is 16.7 Å². The summed E-state index contributed by atoms with van der Waals surface area (Å²) in [5.41, 5.74) is 3.42. The highest BCUT2D eigenvalue weighted by atomic mass is 79.9. The van der Waals surface area contributed by atoms with Crippen LogP contribution < -0.4 is 0 Å². The quantitative estimate of drug-likeness (QED) is 0.938. The molecular weight excluding hydrogens is 290 g/mol. The van der Waals surface area contributed by atoms with Gasteiger partial charge in [0.15, 0.2) is 0 Å². The number of rotatable bonds is 4. The predicted molar refractivity (Wildman–Crippen MR) is 76.6 cm³/mol. The molecule has 1 heterocycles. The van der Waals surface area contributed by atoms with Crippen LogP contribution in [-0.2, 0) is 6.42 Å². The molecule has 0 saturated heterocycles.